The molecule has 0 fully saturated rings. The number of aryl methyl sites for hydroxylation is 1. The minimum absolute atomic E-state index is 0. The van der Waals surface area contributed by atoms with E-state index in [0.717, 1.165) is 31.0 Å². The molecule has 0 aliphatic heterocycles. The number of nitrogens with one attached hydrogen (secondary N) is 2. The molecule has 2 aromatic rings. The van der Waals surface area contributed by atoms with Crippen molar-refractivity contribution in [3.8, 4) is 0 Å². The number of guanidine groups is 1. The molecule has 2 N–H and O–H groups in total. The molecule has 0 unspecified atom stereocenters. The van der Waals surface area contributed by atoms with Crippen molar-refractivity contribution in [1.82, 2.24) is 30.0 Å². The average Bonchev–Trinajstić information content (AvgIpc) is 3.10. The van der Waals surface area contributed by atoms with Crippen molar-refractivity contribution >= 4 is 53.1 Å². The average molecular weight is 486 g/mol. The fraction of sp³-hybridized carbons (Fsp3) is 0.500. The van der Waals surface area contributed by atoms with Crippen molar-refractivity contribution in [2.45, 2.75) is 26.4 Å². The summed E-state index contributed by atoms with van der Waals surface area (Å²) in [5, 5.41) is 15.6. The fourth-order valence-electron chi connectivity index (χ4n) is 2.19. The molecule has 0 aliphatic rings. The van der Waals surface area contributed by atoms with Gasteiger partial charge in [-0.25, -0.2) is 0 Å². The standard InChI is InChI=1S/C14H21Cl2N7.HI/c1-4-12-21-20-9-23(12)6-5-18-14(17-2)19-8-10-7-11(15)13(16)22(10)3;/h7,9H,4-6,8H2,1-3H3,(H2,17,18,19);1H. The minimum Gasteiger partial charge on any atom is -0.355 e. The molecule has 0 aromatic carbocycles. The summed E-state index contributed by atoms with van der Waals surface area (Å²) in [4.78, 5) is 4.20. The molecule has 2 heterocycles. The molecule has 2 rings (SSSR count). The molecule has 0 spiro atoms. The smallest absolute Gasteiger partial charge is 0.191 e. The molecule has 0 aliphatic carbocycles. The Morgan fingerprint density at radius 2 is 2.08 bits per heavy atom. The van der Waals surface area contributed by atoms with E-state index in [-0.39, 0.29) is 24.0 Å². The topological polar surface area (TPSA) is 72.1 Å². The Morgan fingerprint density at radius 1 is 1.33 bits per heavy atom. The van der Waals surface area contributed by atoms with Gasteiger partial charge >= 0.3 is 0 Å². The van der Waals surface area contributed by atoms with Gasteiger partial charge in [0.15, 0.2) is 5.96 Å². The predicted molar refractivity (Wildman–Crippen MR) is 108 cm³/mol. The van der Waals surface area contributed by atoms with E-state index in [2.05, 4.69) is 32.7 Å². The molecule has 0 atom stereocenters. The Kier molecular flexibility index (Phi) is 8.85. The number of hydrogen-bond acceptors (Lipinski definition) is 3. The molecule has 0 saturated carbocycles. The number of hydrogen-bond donors (Lipinski definition) is 2. The van der Waals surface area contributed by atoms with Crippen LogP contribution in [0.15, 0.2) is 17.4 Å². The maximum absolute atomic E-state index is 6.06. The molecule has 24 heavy (non-hydrogen) atoms. The number of aromatic nitrogens is 4. The SMILES string of the molecule is CCc1nncn1CCNC(=NC)NCc1cc(Cl)c(Cl)n1C.I. The quantitative estimate of drug-likeness (QED) is 0.374. The van der Waals surface area contributed by atoms with Gasteiger partial charge in [-0.2, -0.15) is 0 Å². The summed E-state index contributed by atoms with van der Waals surface area (Å²) in [5.41, 5.74) is 0.982. The number of nitrogens with zero attached hydrogens (tertiary/aromatic N) is 5. The van der Waals surface area contributed by atoms with E-state index in [0.29, 0.717) is 22.7 Å². The number of aliphatic imine (C=N–C) groups is 1. The second-order valence-electron chi connectivity index (χ2n) is 4.98. The summed E-state index contributed by atoms with van der Waals surface area (Å²) in [5.74, 6) is 1.69. The van der Waals surface area contributed by atoms with E-state index in [9.17, 15) is 0 Å². The third kappa shape index (κ3) is 5.25. The Hall–Kier alpha value is -1.000. The van der Waals surface area contributed by atoms with Crippen LogP contribution in [0.1, 0.15) is 18.4 Å². The maximum Gasteiger partial charge on any atom is 0.191 e. The molecule has 0 saturated heterocycles. The zero-order valence-corrected chi connectivity index (χ0v) is 17.7. The summed E-state index contributed by atoms with van der Waals surface area (Å²) in [6, 6.07) is 1.84. The summed E-state index contributed by atoms with van der Waals surface area (Å²) in [6.45, 7) is 4.14. The van der Waals surface area contributed by atoms with E-state index in [1.54, 1.807) is 13.4 Å². The van der Waals surface area contributed by atoms with Crippen LogP contribution in [0.3, 0.4) is 0 Å². The van der Waals surface area contributed by atoms with Crippen LogP contribution in [-0.4, -0.2) is 38.9 Å². The number of halogens is 3. The lowest BCUT2D eigenvalue weighted by atomic mass is 10.4. The van der Waals surface area contributed by atoms with Crippen molar-refractivity contribution in [2.75, 3.05) is 13.6 Å². The Labute approximate surface area is 168 Å². The maximum atomic E-state index is 6.06. The van der Waals surface area contributed by atoms with Gasteiger partial charge in [0.05, 0.1) is 11.6 Å². The highest BCUT2D eigenvalue weighted by Crippen LogP contribution is 2.24. The molecule has 10 heteroatoms. The van der Waals surface area contributed by atoms with E-state index in [1.165, 1.54) is 0 Å². The molecular formula is C14H22Cl2IN7. The van der Waals surface area contributed by atoms with E-state index in [4.69, 9.17) is 23.2 Å². The largest absolute Gasteiger partial charge is 0.355 e. The lowest BCUT2D eigenvalue weighted by Crippen LogP contribution is -2.38. The second-order valence-corrected chi connectivity index (χ2v) is 5.75. The van der Waals surface area contributed by atoms with Crippen molar-refractivity contribution in [3.05, 3.63) is 34.1 Å². The lowest BCUT2D eigenvalue weighted by Gasteiger charge is -2.13. The van der Waals surface area contributed by atoms with Gasteiger partial charge in [-0.3, -0.25) is 4.99 Å². The molecule has 0 radical (unpaired) electrons. The fourth-order valence-corrected chi connectivity index (χ4v) is 2.60. The van der Waals surface area contributed by atoms with Crippen LogP contribution < -0.4 is 10.6 Å². The molecular weight excluding hydrogens is 464 g/mol. The molecule has 134 valence electrons. The van der Waals surface area contributed by atoms with Crippen molar-refractivity contribution in [1.29, 1.82) is 0 Å². The van der Waals surface area contributed by atoms with Crippen LogP contribution in [0.4, 0.5) is 0 Å². The second kappa shape index (κ2) is 10.1. The van der Waals surface area contributed by atoms with Crippen LogP contribution in [0.5, 0.6) is 0 Å². The van der Waals surface area contributed by atoms with Gasteiger partial charge in [0.1, 0.15) is 17.3 Å². The zero-order valence-electron chi connectivity index (χ0n) is 13.9. The Balaban J connectivity index is 0.00000288. The zero-order chi connectivity index (χ0) is 16.8. The van der Waals surface area contributed by atoms with E-state index >= 15 is 0 Å². The van der Waals surface area contributed by atoms with Crippen molar-refractivity contribution < 1.29 is 0 Å². The van der Waals surface area contributed by atoms with Crippen molar-refractivity contribution in [3.63, 3.8) is 0 Å². The van der Waals surface area contributed by atoms with E-state index in [1.807, 2.05) is 22.2 Å². The highest BCUT2D eigenvalue weighted by atomic mass is 127. The van der Waals surface area contributed by atoms with Gasteiger partial charge in [-0.1, -0.05) is 30.1 Å². The third-order valence-corrected chi connectivity index (χ3v) is 4.38. The van der Waals surface area contributed by atoms with Crippen LogP contribution in [0, 0.1) is 0 Å². The lowest BCUT2D eigenvalue weighted by molar-refractivity contribution is 0.631. The van der Waals surface area contributed by atoms with Gasteiger partial charge in [-0.05, 0) is 6.07 Å². The third-order valence-electron chi connectivity index (χ3n) is 3.53. The summed E-state index contributed by atoms with van der Waals surface area (Å²) in [7, 11) is 3.61. The van der Waals surface area contributed by atoms with Gasteiger partial charge < -0.3 is 19.8 Å². The first kappa shape index (κ1) is 21.0. The minimum atomic E-state index is 0. The summed E-state index contributed by atoms with van der Waals surface area (Å²) >= 11 is 12.1. The first-order valence-corrected chi connectivity index (χ1v) is 8.13. The molecule has 0 amide bonds. The number of rotatable bonds is 6. The van der Waals surface area contributed by atoms with Gasteiger partial charge in [-0.15, -0.1) is 34.2 Å². The van der Waals surface area contributed by atoms with Gasteiger partial charge in [0.25, 0.3) is 0 Å². The molecule has 2 aromatic heterocycles. The van der Waals surface area contributed by atoms with Crippen LogP contribution >= 0.6 is 47.2 Å². The van der Waals surface area contributed by atoms with Crippen LogP contribution in [0.2, 0.25) is 10.2 Å². The normalized spacial score (nSPS) is 11.3. The molecule has 0 bridgehead atoms. The summed E-state index contributed by atoms with van der Waals surface area (Å²) in [6.07, 6.45) is 2.60. The van der Waals surface area contributed by atoms with Gasteiger partial charge in [0, 0.05) is 39.3 Å². The van der Waals surface area contributed by atoms with Crippen molar-refractivity contribution in [2.24, 2.45) is 12.0 Å². The highest BCUT2D eigenvalue weighted by molar-refractivity contribution is 14.0. The van der Waals surface area contributed by atoms with Gasteiger partial charge in [0.2, 0.25) is 0 Å². The first-order valence-electron chi connectivity index (χ1n) is 7.37. The molecule has 7 nitrogen and oxygen atoms in total. The summed E-state index contributed by atoms with van der Waals surface area (Å²) < 4.78 is 3.87. The van der Waals surface area contributed by atoms with Crippen LogP contribution in [-0.2, 0) is 26.6 Å². The predicted octanol–water partition coefficient (Wildman–Crippen LogP) is 2.47. The van der Waals surface area contributed by atoms with E-state index < -0.39 is 0 Å². The Bertz CT molecular complexity index is 681. The van der Waals surface area contributed by atoms with Crippen LogP contribution in [0.25, 0.3) is 0 Å². The first-order chi connectivity index (χ1) is 11.1. The highest BCUT2D eigenvalue weighted by Gasteiger charge is 2.09. The monoisotopic (exact) mass is 485 g/mol. The Morgan fingerprint density at radius 3 is 2.67 bits per heavy atom.